The Morgan fingerprint density at radius 1 is 1.19 bits per heavy atom. The Morgan fingerprint density at radius 3 is 2.06 bits per heavy atom. The smallest absolute Gasteiger partial charge is 0.119 e. The first kappa shape index (κ1) is 13.0. The lowest BCUT2D eigenvalue weighted by Gasteiger charge is -2.21. The van der Waals surface area contributed by atoms with Gasteiger partial charge in [0, 0.05) is 0 Å². The highest BCUT2D eigenvalue weighted by Crippen LogP contribution is 2.28. The third-order valence-electron chi connectivity index (χ3n) is 2.65. The minimum atomic E-state index is -1.16. The Hall–Kier alpha value is -1.10. The second kappa shape index (κ2) is 5.30. The molecule has 0 aliphatic heterocycles. The third kappa shape index (κ3) is 2.52. The van der Waals surface area contributed by atoms with Gasteiger partial charge in [0.15, 0.2) is 0 Å². The van der Waals surface area contributed by atoms with E-state index in [0.717, 1.165) is 11.1 Å². The Kier molecular flexibility index (Phi) is 4.29. The summed E-state index contributed by atoms with van der Waals surface area (Å²) in [4.78, 5) is 0. The van der Waals surface area contributed by atoms with Crippen molar-refractivity contribution < 1.29 is 20.1 Å². The molecule has 0 radical (unpaired) electrons. The van der Waals surface area contributed by atoms with Crippen LogP contribution in [0, 0.1) is 13.8 Å². The maximum Gasteiger partial charge on any atom is 0.119 e. The van der Waals surface area contributed by atoms with Crippen molar-refractivity contribution in [2.75, 3.05) is 13.7 Å². The number of methoxy groups -OCH3 is 1. The Balaban J connectivity index is 3.14. The molecule has 1 aromatic rings. The van der Waals surface area contributed by atoms with Gasteiger partial charge in [-0.05, 0) is 42.7 Å². The average molecular weight is 226 g/mol. The fourth-order valence-electron chi connectivity index (χ4n) is 1.81. The molecule has 0 saturated heterocycles. The predicted molar refractivity (Wildman–Crippen MR) is 60.5 cm³/mol. The number of benzene rings is 1. The zero-order chi connectivity index (χ0) is 12.3. The van der Waals surface area contributed by atoms with Gasteiger partial charge >= 0.3 is 0 Å². The third-order valence-corrected chi connectivity index (χ3v) is 2.65. The second-order valence-corrected chi connectivity index (χ2v) is 3.87. The van der Waals surface area contributed by atoms with E-state index < -0.39 is 18.8 Å². The Bertz CT molecular complexity index is 339. The van der Waals surface area contributed by atoms with Crippen LogP contribution in [0.3, 0.4) is 0 Å². The summed E-state index contributed by atoms with van der Waals surface area (Å²) in [7, 11) is 1.58. The van der Waals surface area contributed by atoms with Gasteiger partial charge in [-0.25, -0.2) is 0 Å². The van der Waals surface area contributed by atoms with Crippen molar-refractivity contribution in [3.63, 3.8) is 0 Å². The van der Waals surface area contributed by atoms with E-state index >= 15 is 0 Å². The molecule has 16 heavy (non-hydrogen) atoms. The van der Waals surface area contributed by atoms with E-state index in [2.05, 4.69) is 0 Å². The molecule has 0 aliphatic rings. The number of aliphatic hydroxyl groups is 3. The van der Waals surface area contributed by atoms with Gasteiger partial charge in [0.1, 0.15) is 18.0 Å². The molecule has 2 atom stereocenters. The normalized spacial score (nSPS) is 14.6. The molecule has 0 bridgehead atoms. The Morgan fingerprint density at radius 2 is 1.69 bits per heavy atom. The van der Waals surface area contributed by atoms with Gasteiger partial charge < -0.3 is 20.1 Å². The first-order valence-corrected chi connectivity index (χ1v) is 5.13. The fourth-order valence-corrected chi connectivity index (χ4v) is 1.81. The summed E-state index contributed by atoms with van der Waals surface area (Å²) in [5.74, 6) is 0.712. The summed E-state index contributed by atoms with van der Waals surface area (Å²) in [5.41, 5.74) is 2.30. The molecule has 4 heteroatoms. The molecular weight excluding hydrogens is 208 g/mol. The number of aliphatic hydroxyl groups excluding tert-OH is 3. The maximum atomic E-state index is 9.86. The number of aryl methyl sites for hydroxylation is 2. The van der Waals surface area contributed by atoms with Crippen molar-refractivity contribution in [3.8, 4) is 5.75 Å². The van der Waals surface area contributed by atoms with E-state index in [-0.39, 0.29) is 0 Å². The topological polar surface area (TPSA) is 69.9 Å². The van der Waals surface area contributed by atoms with Crippen LogP contribution in [0.2, 0.25) is 0 Å². The highest BCUT2D eigenvalue weighted by atomic mass is 16.5. The van der Waals surface area contributed by atoms with E-state index in [1.807, 2.05) is 13.8 Å². The van der Waals surface area contributed by atoms with E-state index in [0.29, 0.717) is 11.3 Å². The molecule has 0 heterocycles. The van der Waals surface area contributed by atoms with Crippen molar-refractivity contribution in [1.82, 2.24) is 0 Å². The number of hydrogen-bond acceptors (Lipinski definition) is 4. The molecule has 1 rings (SSSR count). The predicted octanol–water partition coefficient (Wildman–Crippen LogP) is 0.699. The van der Waals surface area contributed by atoms with Crippen LogP contribution in [-0.4, -0.2) is 35.1 Å². The van der Waals surface area contributed by atoms with Crippen molar-refractivity contribution in [2.45, 2.75) is 26.1 Å². The first-order valence-electron chi connectivity index (χ1n) is 5.13. The van der Waals surface area contributed by atoms with Crippen LogP contribution in [0.15, 0.2) is 12.1 Å². The summed E-state index contributed by atoms with van der Waals surface area (Å²) in [6, 6.07) is 3.57. The van der Waals surface area contributed by atoms with Gasteiger partial charge in [-0.2, -0.15) is 0 Å². The first-order chi connectivity index (χ1) is 7.51. The van der Waals surface area contributed by atoms with Crippen LogP contribution in [0.5, 0.6) is 5.75 Å². The van der Waals surface area contributed by atoms with Crippen molar-refractivity contribution in [2.24, 2.45) is 0 Å². The second-order valence-electron chi connectivity index (χ2n) is 3.87. The molecular formula is C12H18O4. The number of ether oxygens (including phenoxy) is 1. The van der Waals surface area contributed by atoms with Gasteiger partial charge in [0.25, 0.3) is 0 Å². The molecule has 2 unspecified atom stereocenters. The zero-order valence-corrected chi connectivity index (χ0v) is 9.77. The van der Waals surface area contributed by atoms with Gasteiger partial charge in [-0.3, -0.25) is 0 Å². The van der Waals surface area contributed by atoms with Gasteiger partial charge in [0.2, 0.25) is 0 Å². The van der Waals surface area contributed by atoms with Gasteiger partial charge in [-0.15, -0.1) is 0 Å². The van der Waals surface area contributed by atoms with Crippen LogP contribution in [0.1, 0.15) is 22.8 Å². The number of rotatable bonds is 4. The minimum Gasteiger partial charge on any atom is -0.497 e. The summed E-state index contributed by atoms with van der Waals surface area (Å²) in [5, 5.41) is 28.1. The molecule has 0 spiro atoms. The highest BCUT2D eigenvalue weighted by molar-refractivity contribution is 5.42. The molecule has 0 amide bonds. The summed E-state index contributed by atoms with van der Waals surface area (Å²) in [6.45, 7) is 3.20. The summed E-state index contributed by atoms with van der Waals surface area (Å²) in [6.07, 6.45) is -2.23. The lowest BCUT2D eigenvalue weighted by molar-refractivity contribution is -0.0158. The largest absolute Gasteiger partial charge is 0.497 e. The molecule has 0 saturated carbocycles. The van der Waals surface area contributed by atoms with Crippen LogP contribution >= 0.6 is 0 Å². The minimum absolute atomic E-state index is 0.466. The molecule has 0 aliphatic carbocycles. The number of hydrogen-bond donors (Lipinski definition) is 3. The van der Waals surface area contributed by atoms with Crippen molar-refractivity contribution in [1.29, 1.82) is 0 Å². The lowest BCUT2D eigenvalue weighted by Crippen LogP contribution is -2.23. The van der Waals surface area contributed by atoms with E-state index in [1.54, 1.807) is 19.2 Å². The molecule has 0 fully saturated rings. The summed E-state index contributed by atoms with van der Waals surface area (Å²) >= 11 is 0. The molecule has 0 aromatic heterocycles. The van der Waals surface area contributed by atoms with Crippen molar-refractivity contribution >= 4 is 0 Å². The lowest BCUT2D eigenvalue weighted by atomic mass is 9.94. The Labute approximate surface area is 95.1 Å². The van der Waals surface area contributed by atoms with Crippen molar-refractivity contribution in [3.05, 3.63) is 28.8 Å². The molecule has 3 N–H and O–H groups in total. The van der Waals surface area contributed by atoms with Gasteiger partial charge in [0.05, 0.1) is 13.7 Å². The SMILES string of the molecule is COc1cc(C)c(C(O)C(O)CO)c(C)c1. The fraction of sp³-hybridized carbons (Fsp3) is 0.500. The van der Waals surface area contributed by atoms with Crippen LogP contribution in [0.25, 0.3) is 0 Å². The molecule has 90 valence electrons. The highest BCUT2D eigenvalue weighted by Gasteiger charge is 2.21. The van der Waals surface area contributed by atoms with E-state index in [4.69, 9.17) is 9.84 Å². The van der Waals surface area contributed by atoms with E-state index in [1.165, 1.54) is 0 Å². The standard InChI is InChI=1S/C12H18O4/c1-7-4-9(16-3)5-8(2)11(7)12(15)10(14)6-13/h4-5,10,12-15H,6H2,1-3H3. The molecule has 4 nitrogen and oxygen atoms in total. The quantitative estimate of drug-likeness (QED) is 0.706. The average Bonchev–Trinajstić information content (AvgIpc) is 2.26. The van der Waals surface area contributed by atoms with E-state index in [9.17, 15) is 10.2 Å². The van der Waals surface area contributed by atoms with Gasteiger partial charge in [-0.1, -0.05) is 0 Å². The maximum absolute atomic E-state index is 9.86. The summed E-state index contributed by atoms with van der Waals surface area (Å²) < 4.78 is 5.10. The molecule has 1 aromatic carbocycles. The van der Waals surface area contributed by atoms with Crippen LogP contribution in [-0.2, 0) is 0 Å². The van der Waals surface area contributed by atoms with Crippen LogP contribution in [0.4, 0.5) is 0 Å². The monoisotopic (exact) mass is 226 g/mol. The van der Waals surface area contributed by atoms with Crippen LogP contribution < -0.4 is 4.74 Å². The zero-order valence-electron chi connectivity index (χ0n) is 9.77.